The number of methoxy groups -OCH3 is 1. The summed E-state index contributed by atoms with van der Waals surface area (Å²) >= 11 is 0. The summed E-state index contributed by atoms with van der Waals surface area (Å²) in [6.45, 7) is 1.96. The van der Waals surface area contributed by atoms with Crippen LogP contribution in [0.3, 0.4) is 0 Å². The van der Waals surface area contributed by atoms with Crippen LogP contribution in [0.4, 0.5) is 13.2 Å². The Hall–Kier alpha value is -1.76. The van der Waals surface area contributed by atoms with Crippen molar-refractivity contribution in [2.45, 2.75) is 20.0 Å². The van der Waals surface area contributed by atoms with E-state index in [2.05, 4.69) is 0 Å². The van der Waals surface area contributed by atoms with Crippen LogP contribution in [0.25, 0.3) is 0 Å². The Morgan fingerprint density at radius 1 is 1.23 bits per heavy atom. The molecule has 0 fully saturated rings. The first-order valence-electron chi connectivity index (χ1n) is 6.76. The Morgan fingerprint density at radius 2 is 1.91 bits per heavy atom. The van der Waals surface area contributed by atoms with Crippen molar-refractivity contribution in [3.8, 4) is 5.75 Å². The predicted octanol–water partition coefficient (Wildman–Crippen LogP) is 2.72. The van der Waals surface area contributed by atoms with E-state index < -0.39 is 25.2 Å². The number of halogens is 3. The van der Waals surface area contributed by atoms with E-state index in [-0.39, 0.29) is 13.2 Å². The molecule has 0 radical (unpaired) electrons. The number of carbonyl (C=O) groups is 1. The molecule has 0 N–H and O–H groups in total. The van der Waals surface area contributed by atoms with E-state index >= 15 is 0 Å². The fraction of sp³-hybridized carbons (Fsp3) is 0.533. The number of nitrogens with zero attached hydrogens (tertiary/aromatic N) is 1. The molecule has 22 heavy (non-hydrogen) atoms. The van der Waals surface area contributed by atoms with Gasteiger partial charge in [-0.05, 0) is 37.1 Å². The van der Waals surface area contributed by atoms with Crippen LogP contribution >= 0.6 is 0 Å². The molecule has 1 rings (SSSR count). The second-order valence-corrected chi connectivity index (χ2v) is 4.96. The van der Waals surface area contributed by atoms with Gasteiger partial charge in [-0.1, -0.05) is 6.07 Å². The molecule has 0 aliphatic heterocycles. The predicted molar refractivity (Wildman–Crippen MR) is 75.9 cm³/mol. The van der Waals surface area contributed by atoms with Gasteiger partial charge in [0, 0.05) is 13.7 Å². The number of aryl methyl sites for hydroxylation is 2. The van der Waals surface area contributed by atoms with Crippen molar-refractivity contribution in [1.29, 1.82) is 0 Å². The molecule has 0 unspecified atom stereocenters. The van der Waals surface area contributed by atoms with Crippen molar-refractivity contribution in [2.75, 3.05) is 33.4 Å². The maximum absolute atomic E-state index is 12.5. The third-order valence-corrected chi connectivity index (χ3v) is 3.13. The van der Waals surface area contributed by atoms with E-state index in [1.54, 1.807) is 12.1 Å². The third kappa shape index (κ3) is 6.34. The van der Waals surface area contributed by atoms with E-state index in [1.165, 1.54) is 7.11 Å². The zero-order chi connectivity index (χ0) is 16.8. The number of rotatable bonds is 7. The summed E-state index contributed by atoms with van der Waals surface area (Å²) < 4.78 is 47.4. The molecular weight excluding hydrogens is 299 g/mol. The Bertz CT molecular complexity index is 503. The van der Waals surface area contributed by atoms with E-state index in [1.807, 2.05) is 19.9 Å². The molecule has 1 aromatic rings. The van der Waals surface area contributed by atoms with Gasteiger partial charge in [0.15, 0.2) is 6.61 Å². The summed E-state index contributed by atoms with van der Waals surface area (Å²) in [5.41, 5.74) is 2.05. The molecule has 0 saturated heterocycles. The molecule has 0 atom stereocenters. The summed E-state index contributed by atoms with van der Waals surface area (Å²) in [4.78, 5) is 12.6. The van der Waals surface area contributed by atoms with Gasteiger partial charge >= 0.3 is 6.18 Å². The van der Waals surface area contributed by atoms with Gasteiger partial charge in [-0.3, -0.25) is 4.79 Å². The van der Waals surface area contributed by atoms with Crippen molar-refractivity contribution in [2.24, 2.45) is 0 Å². The zero-order valence-electron chi connectivity index (χ0n) is 12.9. The summed E-state index contributed by atoms with van der Waals surface area (Å²) in [6.07, 6.45) is -4.45. The molecule has 4 nitrogen and oxygen atoms in total. The number of carbonyl (C=O) groups excluding carboxylic acids is 1. The number of hydrogen-bond acceptors (Lipinski definition) is 3. The van der Waals surface area contributed by atoms with E-state index in [0.29, 0.717) is 10.6 Å². The lowest BCUT2D eigenvalue weighted by Crippen LogP contribution is -2.43. The standard InChI is InChI=1S/C15H20F3NO3/c1-11-4-5-13(8-12(11)2)22-9-14(20)19(6-7-21-3)10-15(16,17)18/h4-5,8H,6-7,9-10H2,1-3H3. The number of alkyl halides is 3. The molecule has 124 valence electrons. The highest BCUT2D eigenvalue weighted by atomic mass is 19.4. The fourth-order valence-electron chi connectivity index (χ4n) is 1.75. The van der Waals surface area contributed by atoms with Gasteiger partial charge in [0.2, 0.25) is 0 Å². The fourth-order valence-corrected chi connectivity index (χ4v) is 1.75. The molecule has 0 bridgehead atoms. The summed E-state index contributed by atoms with van der Waals surface area (Å²) in [5, 5.41) is 0. The summed E-state index contributed by atoms with van der Waals surface area (Å²) in [5.74, 6) is -0.275. The second kappa shape index (κ2) is 8.03. The Kier molecular flexibility index (Phi) is 6.67. The van der Waals surface area contributed by atoms with Gasteiger partial charge in [0.25, 0.3) is 5.91 Å². The quantitative estimate of drug-likeness (QED) is 0.776. The molecule has 0 aliphatic carbocycles. The molecule has 0 aliphatic rings. The van der Waals surface area contributed by atoms with Gasteiger partial charge < -0.3 is 14.4 Å². The van der Waals surface area contributed by atoms with Crippen molar-refractivity contribution in [1.82, 2.24) is 4.90 Å². The van der Waals surface area contributed by atoms with Crippen LogP contribution in [0, 0.1) is 13.8 Å². The molecule has 0 saturated carbocycles. The average Bonchev–Trinajstić information content (AvgIpc) is 2.43. The average molecular weight is 319 g/mol. The zero-order valence-corrected chi connectivity index (χ0v) is 12.9. The Balaban J connectivity index is 2.63. The first-order valence-corrected chi connectivity index (χ1v) is 6.76. The largest absolute Gasteiger partial charge is 0.484 e. The molecule has 0 aromatic heterocycles. The van der Waals surface area contributed by atoms with E-state index in [9.17, 15) is 18.0 Å². The lowest BCUT2D eigenvalue weighted by molar-refractivity contribution is -0.163. The lowest BCUT2D eigenvalue weighted by Gasteiger charge is -2.23. The van der Waals surface area contributed by atoms with Crippen LogP contribution < -0.4 is 4.74 Å². The summed E-state index contributed by atoms with van der Waals surface area (Å²) in [6, 6.07) is 5.25. The SMILES string of the molecule is COCCN(CC(F)(F)F)C(=O)COc1ccc(C)c(C)c1. The molecule has 1 amide bonds. The van der Waals surface area contributed by atoms with Crippen molar-refractivity contribution in [3.63, 3.8) is 0 Å². The van der Waals surface area contributed by atoms with Crippen LogP contribution in [0.5, 0.6) is 5.75 Å². The number of benzene rings is 1. The van der Waals surface area contributed by atoms with Gasteiger partial charge in [-0.2, -0.15) is 13.2 Å². The minimum atomic E-state index is -4.45. The second-order valence-electron chi connectivity index (χ2n) is 4.96. The van der Waals surface area contributed by atoms with Gasteiger partial charge in [0.1, 0.15) is 12.3 Å². The van der Waals surface area contributed by atoms with Crippen molar-refractivity contribution in [3.05, 3.63) is 29.3 Å². The topological polar surface area (TPSA) is 38.8 Å². The Labute approximate surface area is 127 Å². The highest BCUT2D eigenvalue weighted by Gasteiger charge is 2.32. The monoisotopic (exact) mass is 319 g/mol. The highest BCUT2D eigenvalue weighted by molar-refractivity contribution is 5.77. The minimum Gasteiger partial charge on any atom is -0.484 e. The van der Waals surface area contributed by atoms with Crippen molar-refractivity contribution < 1.29 is 27.4 Å². The first kappa shape index (κ1) is 18.3. The maximum Gasteiger partial charge on any atom is 0.406 e. The van der Waals surface area contributed by atoms with Gasteiger partial charge in [-0.25, -0.2) is 0 Å². The van der Waals surface area contributed by atoms with Gasteiger partial charge in [0.05, 0.1) is 6.61 Å². The van der Waals surface area contributed by atoms with E-state index in [0.717, 1.165) is 11.1 Å². The van der Waals surface area contributed by atoms with Crippen molar-refractivity contribution >= 4 is 5.91 Å². The van der Waals surface area contributed by atoms with Crippen LogP contribution in [0.1, 0.15) is 11.1 Å². The van der Waals surface area contributed by atoms with Crippen LogP contribution in [0.15, 0.2) is 18.2 Å². The number of amides is 1. The van der Waals surface area contributed by atoms with Crippen LogP contribution in [-0.2, 0) is 9.53 Å². The highest BCUT2D eigenvalue weighted by Crippen LogP contribution is 2.18. The van der Waals surface area contributed by atoms with Crippen LogP contribution in [-0.4, -0.2) is 50.4 Å². The first-order chi connectivity index (χ1) is 10.2. The molecule has 0 heterocycles. The normalized spacial score (nSPS) is 11.4. The number of hydrogen-bond donors (Lipinski definition) is 0. The smallest absolute Gasteiger partial charge is 0.406 e. The molecular formula is C15H20F3NO3. The molecule has 0 spiro atoms. The molecule has 1 aromatic carbocycles. The number of ether oxygens (including phenoxy) is 2. The molecule has 7 heteroatoms. The van der Waals surface area contributed by atoms with Gasteiger partial charge in [-0.15, -0.1) is 0 Å². The Morgan fingerprint density at radius 3 is 2.45 bits per heavy atom. The maximum atomic E-state index is 12.5. The summed E-state index contributed by atoms with van der Waals surface area (Å²) in [7, 11) is 1.36. The lowest BCUT2D eigenvalue weighted by atomic mass is 10.1. The third-order valence-electron chi connectivity index (χ3n) is 3.13. The minimum absolute atomic E-state index is 0.0332. The van der Waals surface area contributed by atoms with E-state index in [4.69, 9.17) is 9.47 Å². The van der Waals surface area contributed by atoms with Crippen LogP contribution in [0.2, 0.25) is 0 Å².